The Hall–Kier alpha value is -2.56. The molecule has 0 spiro atoms. The van der Waals surface area contributed by atoms with E-state index in [1.165, 1.54) is 0 Å². The molecule has 4 rings (SSSR count). The summed E-state index contributed by atoms with van der Waals surface area (Å²) in [5, 5.41) is 5.47. The van der Waals surface area contributed by atoms with Crippen molar-refractivity contribution >= 4 is 45.7 Å². The minimum absolute atomic E-state index is 0.594. The first kappa shape index (κ1) is 15.0. The predicted octanol–water partition coefficient (Wildman–Crippen LogP) is 5.68. The predicted molar refractivity (Wildman–Crippen MR) is 99.1 cm³/mol. The second-order valence-corrected chi connectivity index (χ2v) is 6.17. The van der Waals surface area contributed by atoms with Gasteiger partial charge in [-0.3, -0.25) is 0 Å². The summed E-state index contributed by atoms with van der Waals surface area (Å²) in [4.78, 5) is 12.1. The molecule has 0 saturated carbocycles. The van der Waals surface area contributed by atoms with Crippen molar-refractivity contribution in [3.8, 4) is 11.3 Å². The highest BCUT2D eigenvalue weighted by molar-refractivity contribution is 6.31. The van der Waals surface area contributed by atoms with E-state index in [9.17, 15) is 0 Å². The zero-order valence-electron chi connectivity index (χ0n) is 12.4. The third kappa shape index (κ3) is 2.94. The minimum atomic E-state index is 0.594. The van der Waals surface area contributed by atoms with Crippen molar-refractivity contribution in [2.75, 3.05) is 5.32 Å². The number of fused-ring (bicyclic) bond motifs is 1. The lowest BCUT2D eigenvalue weighted by Gasteiger charge is -2.07. The molecule has 24 heavy (non-hydrogen) atoms. The molecule has 1 aromatic carbocycles. The molecule has 0 aliphatic heterocycles. The molecule has 2 N–H and O–H groups in total. The quantitative estimate of drug-likeness (QED) is 0.497. The molecule has 118 valence electrons. The molecule has 4 nitrogen and oxygen atoms in total. The van der Waals surface area contributed by atoms with Crippen LogP contribution in [0.3, 0.4) is 0 Å². The summed E-state index contributed by atoms with van der Waals surface area (Å²) < 4.78 is 0. The number of pyridine rings is 2. The Kier molecular flexibility index (Phi) is 3.84. The van der Waals surface area contributed by atoms with E-state index in [0.717, 1.165) is 33.8 Å². The summed E-state index contributed by atoms with van der Waals surface area (Å²) in [6.45, 7) is 0. The van der Waals surface area contributed by atoms with E-state index in [2.05, 4.69) is 20.3 Å². The number of benzene rings is 1. The highest BCUT2D eigenvalue weighted by Crippen LogP contribution is 2.29. The van der Waals surface area contributed by atoms with E-state index in [0.29, 0.717) is 10.0 Å². The Labute approximate surface area is 148 Å². The van der Waals surface area contributed by atoms with E-state index >= 15 is 0 Å². The van der Waals surface area contributed by atoms with Gasteiger partial charge in [0.15, 0.2) is 0 Å². The van der Waals surface area contributed by atoms with Crippen LogP contribution in [0, 0.1) is 0 Å². The molecule has 3 heterocycles. The van der Waals surface area contributed by atoms with Crippen LogP contribution in [0.4, 0.5) is 11.5 Å². The summed E-state index contributed by atoms with van der Waals surface area (Å²) in [5.74, 6) is 0.735. The van der Waals surface area contributed by atoms with Gasteiger partial charge in [0.25, 0.3) is 0 Å². The van der Waals surface area contributed by atoms with Gasteiger partial charge in [-0.05, 0) is 36.4 Å². The highest BCUT2D eigenvalue weighted by atomic mass is 35.5. The van der Waals surface area contributed by atoms with Gasteiger partial charge in [-0.15, -0.1) is 0 Å². The maximum atomic E-state index is 6.07. The first-order valence-corrected chi connectivity index (χ1v) is 8.07. The minimum Gasteiger partial charge on any atom is -0.345 e. The molecule has 0 aliphatic carbocycles. The van der Waals surface area contributed by atoms with E-state index < -0.39 is 0 Å². The van der Waals surface area contributed by atoms with Gasteiger partial charge in [0, 0.05) is 34.1 Å². The fraction of sp³-hybridized carbons (Fsp3) is 0. The van der Waals surface area contributed by atoms with Crippen molar-refractivity contribution in [3.05, 3.63) is 71.0 Å². The number of anilines is 2. The lowest BCUT2D eigenvalue weighted by molar-refractivity contribution is 1.30. The molecule has 0 aliphatic rings. The van der Waals surface area contributed by atoms with Crippen LogP contribution in [0.1, 0.15) is 0 Å². The first-order valence-electron chi connectivity index (χ1n) is 7.32. The van der Waals surface area contributed by atoms with E-state index in [-0.39, 0.29) is 0 Å². The number of halogens is 2. The summed E-state index contributed by atoms with van der Waals surface area (Å²) >= 11 is 12.1. The standard InChI is InChI=1S/C18H12Cl2N4/c19-11-3-1-4-13(7-11)23-17-6-2-5-16(24-17)15-10-22-18-14(15)8-12(20)9-21-18/h1-10H,(H,21,22)(H,23,24). The molecule has 0 atom stereocenters. The Bertz CT molecular complexity index is 1030. The summed E-state index contributed by atoms with van der Waals surface area (Å²) in [6, 6.07) is 15.2. The average molecular weight is 355 g/mol. The summed E-state index contributed by atoms with van der Waals surface area (Å²) in [6.07, 6.45) is 3.51. The number of hydrogen-bond donors (Lipinski definition) is 2. The van der Waals surface area contributed by atoms with Crippen LogP contribution >= 0.6 is 23.2 Å². The van der Waals surface area contributed by atoms with Crippen molar-refractivity contribution in [2.24, 2.45) is 0 Å². The van der Waals surface area contributed by atoms with Crippen LogP contribution in [0.25, 0.3) is 22.3 Å². The van der Waals surface area contributed by atoms with Crippen molar-refractivity contribution in [2.45, 2.75) is 0 Å². The second-order valence-electron chi connectivity index (χ2n) is 5.30. The Morgan fingerprint density at radius 1 is 0.958 bits per heavy atom. The van der Waals surface area contributed by atoms with Gasteiger partial charge in [-0.2, -0.15) is 0 Å². The van der Waals surface area contributed by atoms with Gasteiger partial charge in [0.05, 0.1) is 10.7 Å². The van der Waals surface area contributed by atoms with Crippen LogP contribution in [-0.4, -0.2) is 15.0 Å². The fourth-order valence-electron chi connectivity index (χ4n) is 2.56. The lowest BCUT2D eigenvalue weighted by Crippen LogP contribution is -1.94. The molecule has 0 radical (unpaired) electrons. The third-order valence-electron chi connectivity index (χ3n) is 3.62. The SMILES string of the molecule is Clc1cccc(Nc2cccc(-c3c[nH]c4ncc(Cl)cc34)n2)c1. The van der Waals surface area contributed by atoms with E-state index in [1.54, 1.807) is 6.20 Å². The fourth-order valence-corrected chi connectivity index (χ4v) is 2.91. The number of nitrogens with zero attached hydrogens (tertiary/aromatic N) is 2. The molecule has 0 fully saturated rings. The van der Waals surface area contributed by atoms with E-state index in [4.69, 9.17) is 23.2 Å². The third-order valence-corrected chi connectivity index (χ3v) is 4.06. The first-order chi connectivity index (χ1) is 11.7. The Morgan fingerprint density at radius 2 is 1.83 bits per heavy atom. The maximum Gasteiger partial charge on any atom is 0.138 e. The number of aromatic nitrogens is 3. The molecule has 6 heteroatoms. The van der Waals surface area contributed by atoms with Crippen LogP contribution in [0.15, 0.2) is 60.9 Å². The molecule has 0 saturated heterocycles. The molecule has 3 aromatic heterocycles. The van der Waals surface area contributed by atoms with Crippen LogP contribution < -0.4 is 5.32 Å². The maximum absolute atomic E-state index is 6.07. The second kappa shape index (κ2) is 6.15. The van der Waals surface area contributed by atoms with Crippen molar-refractivity contribution < 1.29 is 0 Å². The smallest absolute Gasteiger partial charge is 0.138 e. The van der Waals surface area contributed by atoms with E-state index in [1.807, 2.05) is 54.7 Å². The molecule has 0 amide bonds. The zero-order chi connectivity index (χ0) is 16.5. The molecular formula is C18H12Cl2N4. The van der Waals surface area contributed by atoms with Gasteiger partial charge in [-0.25, -0.2) is 9.97 Å². The number of rotatable bonds is 3. The normalized spacial score (nSPS) is 10.9. The highest BCUT2D eigenvalue weighted by Gasteiger charge is 2.09. The van der Waals surface area contributed by atoms with Crippen LogP contribution in [0.5, 0.6) is 0 Å². The van der Waals surface area contributed by atoms with Crippen molar-refractivity contribution in [1.29, 1.82) is 0 Å². The number of hydrogen-bond acceptors (Lipinski definition) is 3. The number of aromatic amines is 1. The van der Waals surface area contributed by atoms with Crippen molar-refractivity contribution in [1.82, 2.24) is 15.0 Å². The molecule has 4 aromatic rings. The molecular weight excluding hydrogens is 343 g/mol. The van der Waals surface area contributed by atoms with Crippen molar-refractivity contribution in [3.63, 3.8) is 0 Å². The number of H-pyrrole nitrogens is 1. The number of nitrogens with one attached hydrogen (secondary N) is 2. The van der Waals surface area contributed by atoms with Gasteiger partial charge in [0.1, 0.15) is 11.5 Å². The summed E-state index contributed by atoms with van der Waals surface area (Å²) in [5.41, 5.74) is 3.45. The Morgan fingerprint density at radius 3 is 2.71 bits per heavy atom. The molecule has 0 bridgehead atoms. The zero-order valence-corrected chi connectivity index (χ0v) is 13.9. The van der Waals surface area contributed by atoms with Gasteiger partial charge < -0.3 is 10.3 Å². The topological polar surface area (TPSA) is 53.6 Å². The van der Waals surface area contributed by atoms with Crippen LogP contribution in [0.2, 0.25) is 10.0 Å². The monoisotopic (exact) mass is 354 g/mol. The van der Waals surface area contributed by atoms with Gasteiger partial charge in [0.2, 0.25) is 0 Å². The Balaban J connectivity index is 1.73. The summed E-state index contributed by atoms with van der Waals surface area (Å²) in [7, 11) is 0. The molecule has 0 unspecified atom stereocenters. The average Bonchev–Trinajstić information content (AvgIpc) is 2.98. The largest absolute Gasteiger partial charge is 0.345 e. The van der Waals surface area contributed by atoms with Gasteiger partial charge >= 0.3 is 0 Å². The van der Waals surface area contributed by atoms with Gasteiger partial charge in [-0.1, -0.05) is 35.3 Å². The van der Waals surface area contributed by atoms with Crippen LogP contribution in [-0.2, 0) is 0 Å². The lowest BCUT2D eigenvalue weighted by atomic mass is 10.1.